The lowest BCUT2D eigenvalue weighted by atomic mass is 9.96. The summed E-state index contributed by atoms with van der Waals surface area (Å²) in [7, 11) is 1.62. The van der Waals surface area contributed by atoms with Crippen molar-refractivity contribution in [1.29, 1.82) is 0 Å². The second kappa shape index (κ2) is 4.94. The molecule has 1 aliphatic heterocycles. The van der Waals surface area contributed by atoms with E-state index in [2.05, 4.69) is 20.3 Å². The number of methoxy groups -OCH3 is 1. The third-order valence-corrected chi connectivity index (χ3v) is 3.46. The highest BCUT2D eigenvalue weighted by atomic mass is 16.5. The van der Waals surface area contributed by atoms with Crippen LogP contribution < -0.4 is 10.1 Å². The normalized spacial score (nSPS) is 20.2. The maximum atomic E-state index is 5.11. The third-order valence-electron chi connectivity index (χ3n) is 3.46. The molecule has 5 nitrogen and oxygen atoms in total. The van der Waals surface area contributed by atoms with E-state index in [0.29, 0.717) is 11.8 Å². The molecule has 0 bridgehead atoms. The van der Waals surface area contributed by atoms with Crippen molar-refractivity contribution in [2.75, 3.05) is 20.2 Å². The average Bonchev–Trinajstić information content (AvgIpc) is 2.80. The van der Waals surface area contributed by atoms with E-state index in [4.69, 9.17) is 4.74 Å². The largest absolute Gasteiger partial charge is 0.481 e. The van der Waals surface area contributed by atoms with Gasteiger partial charge in [0, 0.05) is 12.5 Å². The van der Waals surface area contributed by atoms with Crippen LogP contribution in [0.15, 0.2) is 12.1 Å². The molecule has 5 heteroatoms. The summed E-state index contributed by atoms with van der Waals surface area (Å²) in [6.45, 7) is 2.24. The molecule has 3 rings (SSSR count). The van der Waals surface area contributed by atoms with Gasteiger partial charge in [-0.1, -0.05) is 0 Å². The SMILES string of the molecule is COc1ccc2[nH]c(CC3CCCNC3)nc2n1. The highest BCUT2D eigenvalue weighted by Crippen LogP contribution is 2.18. The highest BCUT2D eigenvalue weighted by Gasteiger charge is 2.15. The summed E-state index contributed by atoms with van der Waals surface area (Å²) < 4.78 is 5.11. The minimum atomic E-state index is 0.611. The Kier molecular flexibility index (Phi) is 3.15. The van der Waals surface area contributed by atoms with Crippen LogP contribution in [0, 0.1) is 5.92 Å². The molecule has 1 aliphatic rings. The molecule has 1 atom stereocenters. The first-order valence-corrected chi connectivity index (χ1v) is 6.45. The second-order valence-electron chi connectivity index (χ2n) is 4.82. The Labute approximate surface area is 106 Å². The number of H-pyrrole nitrogens is 1. The van der Waals surface area contributed by atoms with Gasteiger partial charge in [0.2, 0.25) is 5.88 Å². The van der Waals surface area contributed by atoms with Gasteiger partial charge < -0.3 is 15.0 Å². The van der Waals surface area contributed by atoms with Crippen molar-refractivity contribution in [1.82, 2.24) is 20.3 Å². The molecule has 0 aliphatic carbocycles. The molecule has 2 aromatic rings. The van der Waals surface area contributed by atoms with Gasteiger partial charge in [-0.15, -0.1) is 0 Å². The van der Waals surface area contributed by atoms with Gasteiger partial charge in [0.25, 0.3) is 0 Å². The van der Waals surface area contributed by atoms with Crippen LogP contribution in [0.1, 0.15) is 18.7 Å². The molecule has 2 aromatic heterocycles. The van der Waals surface area contributed by atoms with Gasteiger partial charge in [0.15, 0.2) is 5.65 Å². The standard InChI is InChI=1S/C13H18N4O/c1-18-12-5-4-10-13(17-12)16-11(15-10)7-9-3-2-6-14-8-9/h4-5,9,14H,2-3,6-8H2,1H3,(H,15,16,17). The fourth-order valence-corrected chi connectivity index (χ4v) is 2.51. The van der Waals surface area contributed by atoms with E-state index >= 15 is 0 Å². The van der Waals surface area contributed by atoms with Crippen molar-refractivity contribution in [3.8, 4) is 5.88 Å². The Bertz CT molecular complexity index is 531. The predicted octanol–water partition coefficient (Wildman–Crippen LogP) is 1.51. The number of piperidine rings is 1. The molecule has 0 radical (unpaired) electrons. The number of ether oxygens (including phenoxy) is 1. The maximum absolute atomic E-state index is 5.11. The van der Waals surface area contributed by atoms with Gasteiger partial charge in [-0.05, 0) is 37.9 Å². The average molecular weight is 246 g/mol. The van der Waals surface area contributed by atoms with Crippen molar-refractivity contribution in [2.24, 2.45) is 5.92 Å². The quantitative estimate of drug-likeness (QED) is 0.861. The molecule has 0 aromatic carbocycles. The smallest absolute Gasteiger partial charge is 0.215 e. The third kappa shape index (κ3) is 2.31. The number of hydrogen-bond donors (Lipinski definition) is 2. The summed E-state index contributed by atoms with van der Waals surface area (Å²) in [5, 5.41) is 3.43. The van der Waals surface area contributed by atoms with Gasteiger partial charge in [0.1, 0.15) is 5.82 Å². The van der Waals surface area contributed by atoms with Crippen molar-refractivity contribution >= 4 is 11.2 Å². The lowest BCUT2D eigenvalue weighted by Crippen LogP contribution is -2.31. The lowest BCUT2D eigenvalue weighted by Gasteiger charge is -2.21. The number of hydrogen-bond acceptors (Lipinski definition) is 4. The summed E-state index contributed by atoms with van der Waals surface area (Å²) in [5.74, 6) is 2.32. The van der Waals surface area contributed by atoms with Gasteiger partial charge in [-0.25, -0.2) is 4.98 Å². The van der Waals surface area contributed by atoms with Crippen LogP contribution in [0.3, 0.4) is 0 Å². The van der Waals surface area contributed by atoms with Crippen LogP contribution in [-0.2, 0) is 6.42 Å². The number of aromatic nitrogens is 3. The van der Waals surface area contributed by atoms with Gasteiger partial charge in [0.05, 0.1) is 12.6 Å². The Hall–Kier alpha value is -1.62. The first-order valence-electron chi connectivity index (χ1n) is 6.45. The van der Waals surface area contributed by atoms with E-state index in [-0.39, 0.29) is 0 Å². The van der Waals surface area contributed by atoms with Gasteiger partial charge >= 0.3 is 0 Å². The number of fused-ring (bicyclic) bond motifs is 1. The van der Waals surface area contributed by atoms with E-state index < -0.39 is 0 Å². The topological polar surface area (TPSA) is 62.8 Å². The van der Waals surface area contributed by atoms with Gasteiger partial charge in [-0.3, -0.25) is 0 Å². The minimum absolute atomic E-state index is 0.611. The minimum Gasteiger partial charge on any atom is -0.481 e. The molecule has 96 valence electrons. The Morgan fingerprint density at radius 3 is 3.11 bits per heavy atom. The molecule has 1 fully saturated rings. The summed E-state index contributed by atoms with van der Waals surface area (Å²) >= 11 is 0. The number of pyridine rings is 1. The monoisotopic (exact) mass is 246 g/mol. The van der Waals surface area contributed by atoms with Crippen molar-refractivity contribution in [3.63, 3.8) is 0 Å². The van der Waals surface area contributed by atoms with Crippen LogP contribution in [0.5, 0.6) is 5.88 Å². The zero-order valence-electron chi connectivity index (χ0n) is 10.6. The Morgan fingerprint density at radius 1 is 1.39 bits per heavy atom. The molecular formula is C13H18N4O. The van der Waals surface area contributed by atoms with Gasteiger partial charge in [-0.2, -0.15) is 4.98 Å². The summed E-state index contributed by atoms with van der Waals surface area (Å²) in [6.07, 6.45) is 3.53. The van der Waals surface area contributed by atoms with Crippen molar-refractivity contribution in [2.45, 2.75) is 19.3 Å². The molecular weight excluding hydrogens is 228 g/mol. The Morgan fingerprint density at radius 2 is 2.33 bits per heavy atom. The molecule has 0 saturated carbocycles. The molecule has 0 spiro atoms. The summed E-state index contributed by atoms with van der Waals surface area (Å²) in [5.41, 5.74) is 1.72. The van der Waals surface area contributed by atoms with E-state index in [1.807, 2.05) is 12.1 Å². The maximum Gasteiger partial charge on any atom is 0.215 e. The molecule has 0 amide bonds. The molecule has 2 N–H and O–H groups in total. The zero-order valence-corrected chi connectivity index (χ0v) is 10.6. The van der Waals surface area contributed by atoms with E-state index in [1.54, 1.807) is 7.11 Å². The van der Waals surface area contributed by atoms with Crippen LogP contribution in [-0.4, -0.2) is 35.2 Å². The number of aromatic amines is 1. The number of nitrogens with zero attached hydrogens (tertiary/aromatic N) is 2. The molecule has 1 saturated heterocycles. The molecule has 3 heterocycles. The number of rotatable bonds is 3. The van der Waals surface area contributed by atoms with Crippen LogP contribution in [0.2, 0.25) is 0 Å². The highest BCUT2D eigenvalue weighted by molar-refractivity contribution is 5.71. The first-order chi connectivity index (χ1) is 8.85. The zero-order chi connectivity index (χ0) is 12.4. The molecule has 18 heavy (non-hydrogen) atoms. The Balaban J connectivity index is 1.79. The number of imidazole rings is 1. The fraction of sp³-hybridized carbons (Fsp3) is 0.538. The summed E-state index contributed by atoms with van der Waals surface area (Å²) in [4.78, 5) is 12.2. The number of nitrogens with one attached hydrogen (secondary N) is 2. The summed E-state index contributed by atoms with van der Waals surface area (Å²) in [6, 6.07) is 3.82. The fourth-order valence-electron chi connectivity index (χ4n) is 2.51. The van der Waals surface area contributed by atoms with Crippen molar-refractivity contribution in [3.05, 3.63) is 18.0 Å². The van der Waals surface area contributed by atoms with E-state index in [0.717, 1.165) is 36.5 Å². The predicted molar refractivity (Wildman–Crippen MR) is 69.7 cm³/mol. The first kappa shape index (κ1) is 11.5. The van der Waals surface area contributed by atoms with Crippen molar-refractivity contribution < 1.29 is 4.74 Å². The molecule has 1 unspecified atom stereocenters. The van der Waals surface area contributed by atoms with Crippen LogP contribution in [0.4, 0.5) is 0 Å². The van der Waals surface area contributed by atoms with Crippen LogP contribution >= 0.6 is 0 Å². The van der Waals surface area contributed by atoms with E-state index in [1.165, 1.54) is 12.8 Å². The van der Waals surface area contributed by atoms with Crippen LogP contribution in [0.25, 0.3) is 11.2 Å². The lowest BCUT2D eigenvalue weighted by molar-refractivity contribution is 0.371. The van der Waals surface area contributed by atoms with E-state index in [9.17, 15) is 0 Å². The second-order valence-corrected chi connectivity index (χ2v) is 4.82.